The van der Waals surface area contributed by atoms with Crippen molar-refractivity contribution in [3.8, 4) is 0 Å². The van der Waals surface area contributed by atoms with Crippen molar-refractivity contribution < 1.29 is 9.96 Å². The SMILES string of the molecule is O=[N+]([O-])c1n[nH]c(N(N=CBr)[N+](=O)[O-])n1. The lowest BCUT2D eigenvalue weighted by Crippen LogP contribution is -2.24. The number of rotatable bonds is 4. The van der Waals surface area contributed by atoms with Crippen LogP contribution < -0.4 is 5.12 Å². The molecular weight excluding hydrogens is 278 g/mol. The second-order valence-electron chi connectivity index (χ2n) is 1.96. The summed E-state index contributed by atoms with van der Waals surface area (Å²) in [5.41, 5.74) is 0. The van der Waals surface area contributed by atoms with Gasteiger partial charge in [-0.05, 0) is 25.8 Å². The summed E-state index contributed by atoms with van der Waals surface area (Å²) in [6.07, 6.45) is 0. The molecule has 1 rings (SSSR count). The van der Waals surface area contributed by atoms with E-state index in [2.05, 4.69) is 31.1 Å². The predicted octanol–water partition coefficient (Wildman–Crippen LogP) is 0.0492. The summed E-state index contributed by atoms with van der Waals surface area (Å²) in [5, 5.41) is 29.2. The van der Waals surface area contributed by atoms with Gasteiger partial charge in [0.1, 0.15) is 0 Å². The molecule has 0 saturated carbocycles. The summed E-state index contributed by atoms with van der Waals surface area (Å²) in [7, 11) is 0. The van der Waals surface area contributed by atoms with Crippen LogP contribution in [0.15, 0.2) is 5.10 Å². The second-order valence-corrected chi connectivity index (χ2v) is 2.37. The molecule has 12 heteroatoms. The summed E-state index contributed by atoms with van der Waals surface area (Å²) in [6.45, 7) is 0. The highest BCUT2D eigenvalue weighted by molar-refractivity contribution is 9.17. The number of hydrogen-bond acceptors (Lipinski definition) is 7. The molecule has 15 heavy (non-hydrogen) atoms. The lowest BCUT2D eigenvalue weighted by molar-refractivity contribution is -0.496. The standard InChI is InChI=1S/C3H2BrN7O4/c4-1-5-9(11(14)15)2-6-3(8-7-2)10(12)13/h1H,(H,6,7,8). The van der Waals surface area contributed by atoms with Gasteiger partial charge in [0.25, 0.3) is 0 Å². The summed E-state index contributed by atoms with van der Waals surface area (Å²) < 4.78 is 0. The van der Waals surface area contributed by atoms with E-state index in [1.165, 1.54) is 0 Å². The maximum atomic E-state index is 10.4. The smallest absolute Gasteiger partial charge is 0.390 e. The van der Waals surface area contributed by atoms with E-state index >= 15 is 0 Å². The third-order valence-electron chi connectivity index (χ3n) is 1.12. The average Bonchev–Trinajstić information content (AvgIpc) is 2.62. The number of nitrogens with zero attached hydrogens (tertiary/aromatic N) is 6. The molecule has 0 bridgehead atoms. The van der Waals surface area contributed by atoms with Crippen molar-refractivity contribution >= 4 is 33.0 Å². The zero-order valence-corrected chi connectivity index (χ0v) is 8.36. The molecular formula is C3H2BrN7O4. The number of halogens is 1. The number of aromatic nitrogens is 3. The van der Waals surface area contributed by atoms with Gasteiger partial charge in [-0.15, -0.1) is 0 Å². The Hall–Kier alpha value is -2.11. The van der Waals surface area contributed by atoms with Crippen LogP contribution in [0.5, 0.6) is 0 Å². The number of aromatic amines is 1. The van der Waals surface area contributed by atoms with Crippen molar-refractivity contribution in [1.29, 1.82) is 0 Å². The minimum atomic E-state index is -0.929. The number of anilines is 1. The Morgan fingerprint density at radius 2 is 2.20 bits per heavy atom. The zero-order chi connectivity index (χ0) is 11.4. The molecule has 0 saturated heterocycles. The fraction of sp³-hybridized carbons (Fsp3) is 0. The average molecular weight is 280 g/mol. The third-order valence-corrected chi connectivity index (χ3v) is 1.31. The zero-order valence-electron chi connectivity index (χ0n) is 6.77. The fourth-order valence-corrected chi connectivity index (χ4v) is 0.805. The predicted molar refractivity (Wildman–Crippen MR) is 49.9 cm³/mol. The molecule has 0 aliphatic heterocycles. The van der Waals surface area contributed by atoms with E-state index in [0.717, 1.165) is 5.12 Å². The first-order chi connectivity index (χ1) is 7.06. The molecule has 0 aromatic carbocycles. The van der Waals surface area contributed by atoms with E-state index < -0.39 is 21.9 Å². The molecule has 80 valence electrons. The number of hydrazone groups is 1. The largest absolute Gasteiger partial charge is 0.493 e. The molecule has 1 aromatic rings. The van der Waals surface area contributed by atoms with Crippen molar-refractivity contribution in [2.75, 3.05) is 5.12 Å². The molecule has 1 heterocycles. The number of hydrazine groups is 1. The van der Waals surface area contributed by atoms with Crippen LogP contribution in [0.3, 0.4) is 0 Å². The van der Waals surface area contributed by atoms with Crippen LogP contribution in [0, 0.1) is 20.2 Å². The second kappa shape index (κ2) is 4.41. The molecule has 0 atom stereocenters. The van der Waals surface area contributed by atoms with Crippen molar-refractivity contribution in [2.45, 2.75) is 0 Å². The highest BCUT2D eigenvalue weighted by Gasteiger charge is 2.27. The van der Waals surface area contributed by atoms with Gasteiger partial charge in [-0.1, -0.05) is 0 Å². The number of nitrogens with one attached hydrogen (secondary N) is 1. The summed E-state index contributed by atoms with van der Waals surface area (Å²) >= 11 is 2.72. The van der Waals surface area contributed by atoms with Crippen LogP contribution in [-0.4, -0.2) is 30.3 Å². The highest BCUT2D eigenvalue weighted by Crippen LogP contribution is 2.11. The van der Waals surface area contributed by atoms with Gasteiger partial charge in [-0.3, -0.25) is 0 Å². The Kier molecular flexibility index (Phi) is 3.22. The number of nitro groups is 2. The van der Waals surface area contributed by atoms with E-state index in [9.17, 15) is 20.2 Å². The minimum Gasteiger partial charge on any atom is -0.390 e. The Labute approximate surface area is 89.2 Å². The molecule has 1 N–H and O–H groups in total. The van der Waals surface area contributed by atoms with E-state index in [1.807, 2.05) is 5.10 Å². The normalized spacial score (nSPS) is 10.5. The molecule has 1 aromatic heterocycles. The van der Waals surface area contributed by atoms with Crippen LogP contribution >= 0.6 is 15.9 Å². The summed E-state index contributed by atoms with van der Waals surface area (Å²) in [5.74, 6) is -1.25. The molecule has 0 spiro atoms. The van der Waals surface area contributed by atoms with Crippen LogP contribution in [0.4, 0.5) is 11.9 Å². The number of hydrogen-bond donors (Lipinski definition) is 1. The van der Waals surface area contributed by atoms with E-state index in [4.69, 9.17) is 0 Å². The lowest BCUT2D eigenvalue weighted by atomic mass is 11.0. The van der Waals surface area contributed by atoms with E-state index in [0.29, 0.717) is 0 Å². The van der Waals surface area contributed by atoms with Crippen LogP contribution in [-0.2, 0) is 0 Å². The van der Waals surface area contributed by atoms with Gasteiger partial charge in [-0.2, -0.15) is 5.10 Å². The lowest BCUT2D eigenvalue weighted by Gasteiger charge is -1.99. The quantitative estimate of drug-likeness (QED) is 0.466. The van der Waals surface area contributed by atoms with Gasteiger partial charge in [0.05, 0.1) is 15.3 Å². The summed E-state index contributed by atoms with van der Waals surface area (Å²) in [6, 6.07) is 0. The highest BCUT2D eigenvalue weighted by atomic mass is 79.9. The van der Waals surface area contributed by atoms with Gasteiger partial charge >= 0.3 is 11.9 Å². The first kappa shape index (κ1) is 11.0. The topological polar surface area (TPSA) is 143 Å². The Morgan fingerprint density at radius 1 is 1.53 bits per heavy atom. The van der Waals surface area contributed by atoms with Gasteiger partial charge in [0, 0.05) is 5.10 Å². The van der Waals surface area contributed by atoms with Gasteiger partial charge < -0.3 is 20.2 Å². The Morgan fingerprint density at radius 3 is 2.60 bits per heavy atom. The maximum Gasteiger partial charge on any atom is 0.493 e. The van der Waals surface area contributed by atoms with Gasteiger partial charge in [0.2, 0.25) is 5.12 Å². The molecule has 11 nitrogen and oxygen atoms in total. The van der Waals surface area contributed by atoms with Crippen molar-refractivity contribution in [3.05, 3.63) is 20.2 Å². The van der Waals surface area contributed by atoms with E-state index in [-0.39, 0.29) is 5.12 Å². The molecule has 0 aliphatic rings. The third kappa shape index (κ3) is 2.43. The van der Waals surface area contributed by atoms with Crippen molar-refractivity contribution in [2.24, 2.45) is 5.10 Å². The van der Waals surface area contributed by atoms with Crippen LogP contribution in [0.25, 0.3) is 0 Å². The van der Waals surface area contributed by atoms with Crippen molar-refractivity contribution in [1.82, 2.24) is 15.2 Å². The first-order valence-electron chi connectivity index (χ1n) is 3.20. The molecule has 0 amide bonds. The fourth-order valence-electron chi connectivity index (χ4n) is 0.631. The molecule has 0 aliphatic carbocycles. The van der Waals surface area contributed by atoms with E-state index in [1.54, 1.807) is 0 Å². The van der Waals surface area contributed by atoms with Crippen molar-refractivity contribution in [3.63, 3.8) is 0 Å². The maximum absolute atomic E-state index is 10.4. The first-order valence-corrected chi connectivity index (χ1v) is 4.11. The Balaban J connectivity index is 3.02. The van der Waals surface area contributed by atoms with Crippen LogP contribution in [0.2, 0.25) is 0 Å². The van der Waals surface area contributed by atoms with Gasteiger partial charge in [-0.25, -0.2) is 0 Å². The van der Waals surface area contributed by atoms with Gasteiger partial charge in [0.15, 0.2) is 0 Å². The monoisotopic (exact) mass is 279 g/mol. The molecule has 0 fully saturated rings. The number of H-pyrrole nitrogens is 1. The summed E-state index contributed by atoms with van der Waals surface area (Å²) in [4.78, 5) is 22.9. The minimum absolute atomic E-state index is 0.189. The van der Waals surface area contributed by atoms with Crippen LogP contribution in [0.1, 0.15) is 0 Å². The molecule has 0 unspecified atom stereocenters. The molecule has 0 radical (unpaired) electrons. The Bertz CT molecular complexity index is 414.